The lowest BCUT2D eigenvalue weighted by Crippen LogP contribution is -2.48. The Labute approximate surface area is 78.3 Å². The maximum atomic E-state index is 11.4. The molecule has 13 heavy (non-hydrogen) atoms. The van der Waals surface area contributed by atoms with E-state index in [0.29, 0.717) is 13.0 Å². The highest BCUT2D eigenvalue weighted by atomic mass is 16.2. The maximum Gasteiger partial charge on any atom is 0.237 e. The molecule has 1 saturated heterocycles. The zero-order valence-corrected chi connectivity index (χ0v) is 7.92. The number of nitrogens with two attached hydrogens (primary N) is 1. The lowest BCUT2D eigenvalue weighted by molar-refractivity contribution is -0.132. The van der Waals surface area contributed by atoms with Crippen molar-refractivity contribution in [3.8, 4) is 6.07 Å². The van der Waals surface area contributed by atoms with Gasteiger partial charge in [0.25, 0.3) is 0 Å². The number of hydrogen-bond donors (Lipinski definition) is 1. The standard InChI is InChI=1S/C9H15N3O/c1-2-9(7-11)4-3-5-12(9)8(13)6-10/h2-6,10H2,1H3. The topological polar surface area (TPSA) is 70.1 Å². The van der Waals surface area contributed by atoms with Gasteiger partial charge in [-0.3, -0.25) is 4.79 Å². The number of hydrogen-bond acceptors (Lipinski definition) is 3. The van der Waals surface area contributed by atoms with Crippen molar-refractivity contribution in [1.82, 2.24) is 4.90 Å². The first kappa shape index (κ1) is 10.0. The van der Waals surface area contributed by atoms with Gasteiger partial charge >= 0.3 is 0 Å². The van der Waals surface area contributed by atoms with Gasteiger partial charge in [0.1, 0.15) is 5.54 Å². The van der Waals surface area contributed by atoms with Gasteiger partial charge in [-0.25, -0.2) is 0 Å². The molecule has 0 aromatic carbocycles. The summed E-state index contributed by atoms with van der Waals surface area (Å²) < 4.78 is 0. The molecular weight excluding hydrogens is 166 g/mol. The summed E-state index contributed by atoms with van der Waals surface area (Å²) in [5, 5.41) is 9.05. The predicted molar refractivity (Wildman–Crippen MR) is 48.6 cm³/mol. The summed E-state index contributed by atoms with van der Waals surface area (Å²) in [6.45, 7) is 2.62. The molecule has 1 atom stereocenters. The van der Waals surface area contributed by atoms with Gasteiger partial charge in [-0.15, -0.1) is 0 Å². The normalized spacial score (nSPS) is 27.3. The van der Waals surface area contributed by atoms with Crippen molar-refractivity contribution in [3.05, 3.63) is 0 Å². The molecule has 0 aliphatic carbocycles. The van der Waals surface area contributed by atoms with Crippen LogP contribution < -0.4 is 5.73 Å². The van der Waals surface area contributed by atoms with Gasteiger partial charge in [0.15, 0.2) is 0 Å². The average molecular weight is 181 g/mol. The van der Waals surface area contributed by atoms with Crippen LogP contribution in [0.4, 0.5) is 0 Å². The van der Waals surface area contributed by atoms with Crippen molar-refractivity contribution in [2.24, 2.45) is 5.73 Å². The number of amides is 1. The second-order valence-electron chi connectivity index (χ2n) is 3.35. The van der Waals surface area contributed by atoms with Crippen molar-refractivity contribution >= 4 is 5.91 Å². The van der Waals surface area contributed by atoms with Crippen molar-refractivity contribution in [2.75, 3.05) is 13.1 Å². The minimum Gasteiger partial charge on any atom is -0.323 e. The van der Waals surface area contributed by atoms with E-state index in [1.807, 2.05) is 6.92 Å². The van der Waals surface area contributed by atoms with Gasteiger partial charge in [0.2, 0.25) is 5.91 Å². The first-order valence-electron chi connectivity index (χ1n) is 4.62. The van der Waals surface area contributed by atoms with E-state index >= 15 is 0 Å². The van der Waals surface area contributed by atoms with Gasteiger partial charge in [-0.05, 0) is 19.3 Å². The fourth-order valence-corrected chi connectivity index (χ4v) is 1.92. The number of likely N-dealkylation sites (tertiary alicyclic amines) is 1. The molecule has 0 saturated carbocycles. The summed E-state index contributed by atoms with van der Waals surface area (Å²) in [5.74, 6) is -0.110. The van der Waals surface area contributed by atoms with E-state index in [1.54, 1.807) is 4.90 Å². The minimum atomic E-state index is -0.573. The summed E-state index contributed by atoms with van der Waals surface area (Å²) in [4.78, 5) is 13.0. The quantitative estimate of drug-likeness (QED) is 0.663. The number of carbonyl (C=O) groups excluding carboxylic acids is 1. The average Bonchev–Trinajstić information content (AvgIpc) is 2.60. The highest BCUT2D eigenvalue weighted by Gasteiger charge is 2.41. The van der Waals surface area contributed by atoms with E-state index < -0.39 is 5.54 Å². The summed E-state index contributed by atoms with van der Waals surface area (Å²) in [5.41, 5.74) is 4.71. The third-order valence-corrected chi connectivity index (χ3v) is 2.76. The Balaban J connectivity index is 2.85. The molecule has 1 heterocycles. The number of nitriles is 1. The van der Waals surface area contributed by atoms with Crippen LogP contribution in [0.15, 0.2) is 0 Å². The monoisotopic (exact) mass is 181 g/mol. The van der Waals surface area contributed by atoms with Crippen LogP contribution in [0.1, 0.15) is 26.2 Å². The second kappa shape index (κ2) is 3.75. The highest BCUT2D eigenvalue weighted by molar-refractivity contribution is 5.79. The van der Waals surface area contributed by atoms with Crippen LogP contribution in [0.5, 0.6) is 0 Å². The molecule has 0 spiro atoms. The molecule has 1 unspecified atom stereocenters. The van der Waals surface area contributed by atoms with Gasteiger partial charge in [-0.2, -0.15) is 5.26 Å². The molecular formula is C9H15N3O. The fourth-order valence-electron chi connectivity index (χ4n) is 1.92. The fraction of sp³-hybridized carbons (Fsp3) is 0.778. The molecule has 1 aliphatic heterocycles. The van der Waals surface area contributed by atoms with E-state index in [-0.39, 0.29) is 12.5 Å². The van der Waals surface area contributed by atoms with Crippen LogP contribution in [0.2, 0.25) is 0 Å². The van der Waals surface area contributed by atoms with E-state index in [2.05, 4.69) is 6.07 Å². The Bertz CT molecular complexity index is 246. The Morgan fingerprint density at radius 3 is 2.92 bits per heavy atom. The molecule has 0 aromatic heterocycles. The summed E-state index contributed by atoms with van der Waals surface area (Å²) >= 11 is 0. The van der Waals surface area contributed by atoms with Crippen LogP contribution in [0.3, 0.4) is 0 Å². The Morgan fingerprint density at radius 2 is 2.46 bits per heavy atom. The molecule has 4 heteroatoms. The van der Waals surface area contributed by atoms with Crippen LogP contribution in [0.25, 0.3) is 0 Å². The first-order chi connectivity index (χ1) is 6.20. The summed E-state index contributed by atoms with van der Waals surface area (Å²) in [7, 11) is 0. The van der Waals surface area contributed by atoms with Crippen LogP contribution >= 0.6 is 0 Å². The Hall–Kier alpha value is -1.08. The van der Waals surface area contributed by atoms with Crippen LogP contribution in [-0.4, -0.2) is 29.4 Å². The van der Waals surface area contributed by atoms with E-state index in [4.69, 9.17) is 11.0 Å². The molecule has 1 rings (SSSR count). The van der Waals surface area contributed by atoms with Crippen molar-refractivity contribution in [1.29, 1.82) is 5.26 Å². The summed E-state index contributed by atoms with van der Waals surface area (Å²) in [6.07, 6.45) is 2.38. The molecule has 2 N–H and O–H groups in total. The Kier molecular flexibility index (Phi) is 2.89. The molecule has 1 amide bonds. The third-order valence-electron chi connectivity index (χ3n) is 2.76. The minimum absolute atomic E-state index is 0.00340. The summed E-state index contributed by atoms with van der Waals surface area (Å²) in [6, 6.07) is 2.24. The molecule has 0 radical (unpaired) electrons. The third kappa shape index (κ3) is 1.52. The van der Waals surface area contributed by atoms with Gasteiger partial charge in [0.05, 0.1) is 12.6 Å². The maximum absolute atomic E-state index is 11.4. The predicted octanol–water partition coefficient (Wildman–Crippen LogP) is 0.240. The van der Waals surface area contributed by atoms with E-state index in [0.717, 1.165) is 12.8 Å². The zero-order chi connectivity index (χ0) is 9.90. The largest absolute Gasteiger partial charge is 0.323 e. The van der Waals surface area contributed by atoms with Crippen LogP contribution in [0, 0.1) is 11.3 Å². The van der Waals surface area contributed by atoms with E-state index in [1.165, 1.54) is 0 Å². The van der Waals surface area contributed by atoms with E-state index in [9.17, 15) is 4.79 Å². The van der Waals surface area contributed by atoms with Gasteiger partial charge in [0, 0.05) is 6.54 Å². The second-order valence-corrected chi connectivity index (χ2v) is 3.35. The first-order valence-corrected chi connectivity index (χ1v) is 4.62. The van der Waals surface area contributed by atoms with Crippen molar-refractivity contribution < 1.29 is 4.79 Å². The van der Waals surface area contributed by atoms with Crippen molar-refractivity contribution in [3.63, 3.8) is 0 Å². The number of nitrogens with zero attached hydrogens (tertiary/aromatic N) is 2. The van der Waals surface area contributed by atoms with Crippen LogP contribution in [-0.2, 0) is 4.79 Å². The highest BCUT2D eigenvalue weighted by Crippen LogP contribution is 2.31. The molecule has 0 bridgehead atoms. The molecule has 72 valence electrons. The van der Waals surface area contributed by atoms with Crippen molar-refractivity contribution in [2.45, 2.75) is 31.7 Å². The zero-order valence-electron chi connectivity index (χ0n) is 7.92. The van der Waals surface area contributed by atoms with Gasteiger partial charge < -0.3 is 10.6 Å². The molecule has 1 aliphatic rings. The lowest BCUT2D eigenvalue weighted by atomic mass is 9.95. The molecule has 1 fully saturated rings. The number of rotatable bonds is 2. The molecule has 0 aromatic rings. The molecule has 4 nitrogen and oxygen atoms in total. The smallest absolute Gasteiger partial charge is 0.237 e. The SMILES string of the molecule is CCC1(C#N)CCCN1C(=O)CN. The Morgan fingerprint density at radius 1 is 1.77 bits per heavy atom. The lowest BCUT2D eigenvalue weighted by Gasteiger charge is -2.31. The number of carbonyl (C=O) groups is 1. The van der Waals surface area contributed by atoms with Gasteiger partial charge in [-0.1, -0.05) is 6.92 Å².